The maximum Gasteiger partial charge on any atom is 0.326 e. The summed E-state index contributed by atoms with van der Waals surface area (Å²) in [6, 6.07) is 1.92. The fraction of sp³-hybridized carbons (Fsp3) is 0.550. The summed E-state index contributed by atoms with van der Waals surface area (Å²) in [5, 5.41) is 12.0. The van der Waals surface area contributed by atoms with Crippen LogP contribution in [0.3, 0.4) is 0 Å². The van der Waals surface area contributed by atoms with Gasteiger partial charge in [0.25, 0.3) is 5.91 Å². The fourth-order valence-electron chi connectivity index (χ4n) is 4.38. The molecule has 1 aromatic carbocycles. The maximum absolute atomic E-state index is 13.6. The van der Waals surface area contributed by atoms with Crippen molar-refractivity contribution in [2.45, 2.75) is 57.0 Å². The highest BCUT2D eigenvalue weighted by Gasteiger charge is 2.47. The molecule has 3 rings (SSSR count). The number of halogens is 2. The quantitative estimate of drug-likeness (QED) is 0.727. The highest BCUT2D eigenvalue weighted by atomic mass is 19.1. The SMILES string of the molecule is O=C(NCCCC(=O)N1C(C(=O)O)CC2CCCCC21)c1ccc(F)cc1F. The van der Waals surface area contributed by atoms with E-state index in [2.05, 4.69) is 5.32 Å². The molecule has 1 aliphatic carbocycles. The van der Waals surface area contributed by atoms with Gasteiger partial charge in [0.15, 0.2) is 0 Å². The predicted molar refractivity (Wildman–Crippen MR) is 96.6 cm³/mol. The summed E-state index contributed by atoms with van der Waals surface area (Å²) >= 11 is 0. The zero-order valence-corrected chi connectivity index (χ0v) is 15.5. The molecule has 28 heavy (non-hydrogen) atoms. The molecule has 6 nitrogen and oxygen atoms in total. The average Bonchev–Trinajstić information content (AvgIpc) is 3.05. The van der Waals surface area contributed by atoms with Crippen molar-refractivity contribution >= 4 is 17.8 Å². The zero-order valence-electron chi connectivity index (χ0n) is 15.5. The molecule has 2 fully saturated rings. The molecule has 1 saturated heterocycles. The van der Waals surface area contributed by atoms with Crippen molar-refractivity contribution in [3.8, 4) is 0 Å². The minimum absolute atomic E-state index is 0.00903. The number of carboxylic acids is 1. The molecule has 1 saturated carbocycles. The monoisotopic (exact) mass is 394 g/mol. The van der Waals surface area contributed by atoms with E-state index in [-0.39, 0.29) is 36.4 Å². The number of hydrogen-bond acceptors (Lipinski definition) is 3. The molecular formula is C20H24F2N2O4. The predicted octanol–water partition coefficient (Wildman–Crippen LogP) is 2.72. The van der Waals surface area contributed by atoms with Crippen molar-refractivity contribution in [1.82, 2.24) is 10.2 Å². The smallest absolute Gasteiger partial charge is 0.326 e. The summed E-state index contributed by atoms with van der Waals surface area (Å²) in [6.07, 6.45) is 4.79. The Bertz CT molecular complexity index is 771. The minimum atomic E-state index is -0.970. The number of fused-ring (bicyclic) bond motifs is 1. The number of nitrogens with zero attached hydrogens (tertiary/aromatic N) is 1. The standard InChI is InChI=1S/C20H24F2N2O4/c21-13-7-8-14(15(22)11-13)19(26)23-9-3-6-18(25)24-16-5-2-1-4-12(16)10-17(24)20(27)28/h7-8,11-12,16-17H,1-6,9-10H2,(H,23,26)(H,27,28). The van der Waals surface area contributed by atoms with Crippen molar-refractivity contribution in [1.29, 1.82) is 0 Å². The van der Waals surface area contributed by atoms with E-state index in [1.165, 1.54) is 4.90 Å². The normalized spacial score (nSPS) is 23.9. The van der Waals surface area contributed by atoms with E-state index in [1.54, 1.807) is 0 Å². The Labute approximate surface area is 161 Å². The zero-order chi connectivity index (χ0) is 20.3. The summed E-state index contributed by atoms with van der Waals surface area (Å²) in [4.78, 5) is 37.7. The van der Waals surface area contributed by atoms with E-state index in [0.717, 1.165) is 37.8 Å². The van der Waals surface area contributed by atoms with E-state index in [9.17, 15) is 28.3 Å². The van der Waals surface area contributed by atoms with Crippen molar-refractivity contribution in [2.24, 2.45) is 5.92 Å². The van der Waals surface area contributed by atoms with Gasteiger partial charge in [0.2, 0.25) is 5.91 Å². The summed E-state index contributed by atoms with van der Waals surface area (Å²) in [7, 11) is 0. The first-order valence-corrected chi connectivity index (χ1v) is 9.65. The maximum atomic E-state index is 13.6. The molecule has 0 aromatic heterocycles. The van der Waals surface area contributed by atoms with Crippen LogP contribution in [0.2, 0.25) is 0 Å². The Morgan fingerprint density at radius 3 is 2.64 bits per heavy atom. The van der Waals surface area contributed by atoms with Gasteiger partial charge in [-0.2, -0.15) is 0 Å². The Hall–Kier alpha value is -2.51. The fourth-order valence-corrected chi connectivity index (χ4v) is 4.38. The minimum Gasteiger partial charge on any atom is -0.480 e. The molecule has 1 heterocycles. The molecule has 1 aromatic rings. The van der Waals surface area contributed by atoms with Gasteiger partial charge in [-0.3, -0.25) is 9.59 Å². The third-order valence-corrected chi connectivity index (χ3v) is 5.69. The lowest BCUT2D eigenvalue weighted by molar-refractivity contribution is -0.149. The van der Waals surface area contributed by atoms with Gasteiger partial charge in [0.1, 0.15) is 17.7 Å². The lowest BCUT2D eigenvalue weighted by Gasteiger charge is -2.33. The van der Waals surface area contributed by atoms with Crippen LogP contribution in [0.1, 0.15) is 55.3 Å². The van der Waals surface area contributed by atoms with Gasteiger partial charge in [-0.1, -0.05) is 12.8 Å². The first kappa shape index (κ1) is 20.2. The average molecular weight is 394 g/mol. The Morgan fingerprint density at radius 2 is 1.93 bits per heavy atom. The number of carbonyl (C=O) groups excluding carboxylic acids is 2. The van der Waals surface area contributed by atoms with Crippen LogP contribution in [-0.4, -0.2) is 46.4 Å². The molecule has 152 valence electrons. The van der Waals surface area contributed by atoms with Crippen molar-refractivity contribution < 1.29 is 28.3 Å². The summed E-state index contributed by atoms with van der Waals surface area (Å²) in [6.45, 7) is 0.140. The van der Waals surface area contributed by atoms with Gasteiger partial charge in [0, 0.05) is 25.1 Å². The molecule has 2 amide bonds. The van der Waals surface area contributed by atoms with Gasteiger partial charge in [0.05, 0.1) is 5.56 Å². The second-order valence-corrected chi connectivity index (χ2v) is 7.49. The number of nitrogens with one attached hydrogen (secondary N) is 1. The number of carbonyl (C=O) groups is 3. The van der Waals surface area contributed by atoms with E-state index in [4.69, 9.17) is 0 Å². The third-order valence-electron chi connectivity index (χ3n) is 5.69. The van der Waals surface area contributed by atoms with Crippen molar-refractivity contribution in [2.75, 3.05) is 6.54 Å². The molecule has 3 unspecified atom stereocenters. The first-order chi connectivity index (χ1) is 13.4. The van der Waals surface area contributed by atoms with Crippen LogP contribution in [0, 0.1) is 17.6 Å². The van der Waals surface area contributed by atoms with Crippen LogP contribution in [0.5, 0.6) is 0 Å². The lowest BCUT2D eigenvalue weighted by Crippen LogP contribution is -2.46. The molecule has 0 bridgehead atoms. The van der Waals surface area contributed by atoms with E-state index in [1.807, 2.05) is 0 Å². The molecule has 0 radical (unpaired) electrons. The van der Waals surface area contributed by atoms with Crippen LogP contribution < -0.4 is 5.32 Å². The van der Waals surface area contributed by atoms with Crippen LogP contribution in [0.15, 0.2) is 18.2 Å². The van der Waals surface area contributed by atoms with Gasteiger partial charge < -0.3 is 15.3 Å². The van der Waals surface area contributed by atoms with Gasteiger partial charge in [-0.25, -0.2) is 13.6 Å². The molecule has 0 spiro atoms. The number of hydrogen-bond donors (Lipinski definition) is 2. The topological polar surface area (TPSA) is 86.7 Å². The molecule has 2 N–H and O–H groups in total. The Morgan fingerprint density at radius 1 is 1.18 bits per heavy atom. The van der Waals surface area contributed by atoms with Crippen LogP contribution in [0.25, 0.3) is 0 Å². The number of benzene rings is 1. The van der Waals surface area contributed by atoms with E-state index >= 15 is 0 Å². The number of carboxylic acid groups (broad SMARTS) is 1. The van der Waals surface area contributed by atoms with Crippen LogP contribution >= 0.6 is 0 Å². The highest BCUT2D eigenvalue weighted by Crippen LogP contribution is 2.40. The molecular weight excluding hydrogens is 370 g/mol. The molecule has 1 aliphatic heterocycles. The summed E-state index contributed by atoms with van der Waals surface area (Å²) < 4.78 is 26.5. The van der Waals surface area contributed by atoms with E-state index in [0.29, 0.717) is 18.9 Å². The number of amides is 2. The lowest BCUT2D eigenvalue weighted by atomic mass is 9.84. The Balaban J connectivity index is 1.52. The molecule has 8 heteroatoms. The largest absolute Gasteiger partial charge is 0.480 e. The summed E-state index contributed by atoms with van der Waals surface area (Å²) in [5.74, 6) is -3.33. The van der Waals surface area contributed by atoms with Crippen molar-refractivity contribution in [3.05, 3.63) is 35.4 Å². The molecule has 3 atom stereocenters. The number of rotatable bonds is 6. The second-order valence-electron chi connectivity index (χ2n) is 7.49. The first-order valence-electron chi connectivity index (χ1n) is 9.65. The van der Waals surface area contributed by atoms with Gasteiger partial charge in [-0.15, -0.1) is 0 Å². The summed E-state index contributed by atoms with van der Waals surface area (Å²) in [5.41, 5.74) is -0.261. The third kappa shape index (κ3) is 4.31. The number of aliphatic carboxylic acids is 1. The van der Waals surface area contributed by atoms with E-state index < -0.39 is 29.6 Å². The molecule has 2 aliphatic rings. The van der Waals surface area contributed by atoms with Gasteiger partial charge in [-0.05, 0) is 43.7 Å². The highest BCUT2D eigenvalue weighted by molar-refractivity contribution is 5.94. The number of likely N-dealkylation sites (tertiary alicyclic amines) is 1. The van der Waals surface area contributed by atoms with Crippen molar-refractivity contribution in [3.63, 3.8) is 0 Å². The second kappa shape index (κ2) is 8.67. The van der Waals surface area contributed by atoms with Crippen LogP contribution in [-0.2, 0) is 9.59 Å². The van der Waals surface area contributed by atoms with Gasteiger partial charge >= 0.3 is 5.97 Å². The van der Waals surface area contributed by atoms with Crippen LogP contribution in [0.4, 0.5) is 8.78 Å². The Kier molecular flexibility index (Phi) is 6.26.